The molecule has 2 amide bonds. The van der Waals surface area contributed by atoms with Crippen molar-refractivity contribution in [2.24, 2.45) is 0 Å². The fraction of sp³-hybridized carbons (Fsp3) is 0.273. The average molecular weight is 468 g/mol. The van der Waals surface area contributed by atoms with Crippen LogP contribution in [-0.4, -0.2) is 44.8 Å². The number of halogens is 1. The summed E-state index contributed by atoms with van der Waals surface area (Å²) in [5.41, 5.74) is 2.80. The van der Waals surface area contributed by atoms with Crippen LogP contribution < -0.4 is 5.32 Å². The van der Waals surface area contributed by atoms with E-state index >= 15 is 0 Å². The molecule has 1 saturated heterocycles. The highest BCUT2D eigenvalue weighted by atomic mass is 79.9. The number of hydrogen-bond acceptors (Lipinski definition) is 4. The molecule has 1 aliphatic rings. The Balaban J connectivity index is 1.32. The van der Waals surface area contributed by atoms with Gasteiger partial charge in [-0.3, -0.25) is 9.59 Å². The minimum atomic E-state index is -0.324. The van der Waals surface area contributed by atoms with Gasteiger partial charge in [0, 0.05) is 29.7 Å². The first kappa shape index (κ1) is 20.3. The zero-order valence-corrected chi connectivity index (χ0v) is 18.0. The Labute approximate surface area is 183 Å². The van der Waals surface area contributed by atoms with Gasteiger partial charge in [-0.15, -0.1) is 5.10 Å². The third kappa shape index (κ3) is 4.94. The van der Waals surface area contributed by atoms with Crippen LogP contribution in [0.25, 0.3) is 5.69 Å². The lowest BCUT2D eigenvalue weighted by Crippen LogP contribution is -2.27. The van der Waals surface area contributed by atoms with Gasteiger partial charge in [0.2, 0.25) is 5.91 Å². The molecule has 3 aromatic rings. The molecule has 7 nitrogen and oxygen atoms in total. The van der Waals surface area contributed by atoms with E-state index in [0.29, 0.717) is 18.5 Å². The predicted molar refractivity (Wildman–Crippen MR) is 118 cm³/mol. The van der Waals surface area contributed by atoms with Crippen LogP contribution in [-0.2, 0) is 11.2 Å². The second-order valence-electron chi connectivity index (χ2n) is 7.26. The standard InChI is InChI=1S/C22H22BrN5O2/c23-17-6-10-19(11-7-17)28-15-20(25-26-28)22(30)24-18-8-3-16(4-9-18)5-12-21(29)27-13-1-2-14-27/h3-4,6-11,15H,1-2,5,12-14H2,(H,24,30). The Morgan fingerprint density at radius 3 is 2.40 bits per heavy atom. The highest BCUT2D eigenvalue weighted by Crippen LogP contribution is 2.16. The molecule has 2 aromatic carbocycles. The van der Waals surface area contributed by atoms with Gasteiger partial charge in [-0.2, -0.15) is 0 Å². The number of hydrogen-bond donors (Lipinski definition) is 1. The summed E-state index contributed by atoms with van der Waals surface area (Å²) >= 11 is 3.39. The van der Waals surface area contributed by atoms with Gasteiger partial charge in [-0.25, -0.2) is 4.68 Å². The van der Waals surface area contributed by atoms with Gasteiger partial charge in [0.25, 0.3) is 5.91 Å². The molecular formula is C22H22BrN5O2. The molecule has 0 bridgehead atoms. The Morgan fingerprint density at radius 2 is 1.70 bits per heavy atom. The summed E-state index contributed by atoms with van der Waals surface area (Å²) in [5.74, 6) is -0.103. The molecule has 1 aromatic heterocycles. The highest BCUT2D eigenvalue weighted by Gasteiger charge is 2.17. The van der Waals surface area contributed by atoms with E-state index in [1.165, 1.54) is 0 Å². The van der Waals surface area contributed by atoms with Crippen LogP contribution in [0.5, 0.6) is 0 Å². The summed E-state index contributed by atoms with van der Waals surface area (Å²) in [5, 5.41) is 10.8. The monoisotopic (exact) mass is 467 g/mol. The molecule has 0 aliphatic carbocycles. The number of carbonyl (C=O) groups excluding carboxylic acids is 2. The first-order valence-corrected chi connectivity index (χ1v) is 10.7. The quantitative estimate of drug-likeness (QED) is 0.597. The molecule has 0 spiro atoms. The number of nitrogens with one attached hydrogen (secondary N) is 1. The Morgan fingerprint density at radius 1 is 1.00 bits per heavy atom. The van der Waals surface area contributed by atoms with E-state index in [1.54, 1.807) is 10.9 Å². The highest BCUT2D eigenvalue weighted by molar-refractivity contribution is 9.10. The Hall–Kier alpha value is -3.00. The number of rotatable bonds is 6. The lowest BCUT2D eigenvalue weighted by atomic mass is 10.1. The zero-order chi connectivity index (χ0) is 20.9. The maximum absolute atomic E-state index is 12.5. The van der Waals surface area contributed by atoms with Crippen molar-refractivity contribution in [2.75, 3.05) is 18.4 Å². The van der Waals surface area contributed by atoms with E-state index < -0.39 is 0 Å². The van der Waals surface area contributed by atoms with Crippen LogP contribution in [0.3, 0.4) is 0 Å². The molecule has 8 heteroatoms. The van der Waals surface area contributed by atoms with E-state index in [0.717, 1.165) is 41.7 Å². The topological polar surface area (TPSA) is 80.1 Å². The lowest BCUT2D eigenvalue weighted by Gasteiger charge is -2.15. The van der Waals surface area contributed by atoms with Gasteiger partial charge in [0.05, 0.1) is 11.9 Å². The van der Waals surface area contributed by atoms with Gasteiger partial charge < -0.3 is 10.2 Å². The average Bonchev–Trinajstić information content (AvgIpc) is 3.46. The molecule has 0 atom stereocenters. The second-order valence-corrected chi connectivity index (χ2v) is 8.18. The SMILES string of the molecule is O=C(Nc1ccc(CCC(=O)N2CCCC2)cc1)c1cn(-c2ccc(Br)cc2)nn1. The molecule has 2 heterocycles. The van der Waals surface area contributed by atoms with Crippen LogP contribution in [0.2, 0.25) is 0 Å². The number of anilines is 1. The molecule has 1 fully saturated rings. The zero-order valence-electron chi connectivity index (χ0n) is 16.4. The van der Waals surface area contributed by atoms with Crippen LogP contribution in [0, 0.1) is 0 Å². The fourth-order valence-electron chi connectivity index (χ4n) is 3.41. The molecule has 0 unspecified atom stereocenters. The van der Waals surface area contributed by atoms with Crippen LogP contribution in [0.1, 0.15) is 35.3 Å². The third-order valence-electron chi connectivity index (χ3n) is 5.12. The second kappa shape index (κ2) is 9.21. The molecule has 154 valence electrons. The van der Waals surface area contributed by atoms with E-state index in [-0.39, 0.29) is 17.5 Å². The Kier molecular flexibility index (Phi) is 6.23. The number of amides is 2. The molecule has 30 heavy (non-hydrogen) atoms. The van der Waals surface area contributed by atoms with Crippen molar-refractivity contribution in [2.45, 2.75) is 25.7 Å². The third-order valence-corrected chi connectivity index (χ3v) is 5.64. The largest absolute Gasteiger partial charge is 0.343 e. The van der Waals surface area contributed by atoms with Crippen molar-refractivity contribution in [3.8, 4) is 5.69 Å². The molecule has 0 saturated carbocycles. The van der Waals surface area contributed by atoms with Gasteiger partial charge in [-0.05, 0) is 61.2 Å². The molecule has 1 aliphatic heterocycles. The van der Waals surface area contributed by atoms with Gasteiger partial charge in [0.1, 0.15) is 0 Å². The number of benzene rings is 2. The van der Waals surface area contributed by atoms with Gasteiger partial charge in [0.15, 0.2) is 5.69 Å². The Bertz CT molecular complexity index is 1020. The van der Waals surface area contributed by atoms with E-state index in [1.807, 2.05) is 53.4 Å². The summed E-state index contributed by atoms with van der Waals surface area (Å²) in [7, 11) is 0. The van der Waals surface area contributed by atoms with Gasteiger partial charge in [-0.1, -0.05) is 33.3 Å². The molecule has 1 N–H and O–H groups in total. The number of aromatic nitrogens is 3. The van der Waals surface area contributed by atoms with Crippen molar-refractivity contribution < 1.29 is 9.59 Å². The lowest BCUT2D eigenvalue weighted by molar-refractivity contribution is -0.130. The van der Waals surface area contributed by atoms with E-state index in [9.17, 15) is 9.59 Å². The summed E-state index contributed by atoms with van der Waals surface area (Å²) in [4.78, 5) is 26.6. The molecule has 4 rings (SSSR count). The van der Waals surface area contributed by atoms with E-state index in [2.05, 4.69) is 31.6 Å². The first-order chi connectivity index (χ1) is 14.6. The normalized spacial score (nSPS) is 13.4. The van der Waals surface area contributed by atoms with Crippen LogP contribution in [0.4, 0.5) is 5.69 Å². The first-order valence-electron chi connectivity index (χ1n) is 9.95. The van der Waals surface area contributed by atoms with Crippen LogP contribution in [0.15, 0.2) is 59.2 Å². The summed E-state index contributed by atoms with van der Waals surface area (Å²) < 4.78 is 2.52. The van der Waals surface area contributed by atoms with E-state index in [4.69, 9.17) is 0 Å². The van der Waals surface area contributed by atoms with Crippen molar-refractivity contribution in [1.82, 2.24) is 19.9 Å². The maximum Gasteiger partial charge on any atom is 0.277 e. The summed E-state index contributed by atoms with van der Waals surface area (Å²) in [6.45, 7) is 1.77. The van der Waals surface area contributed by atoms with Gasteiger partial charge >= 0.3 is 0 Å². The number of carbonyl (C=O) groups is 2. The number of likely N-dealkylation sites (tertiary alicyclic amines) is 1. The van der Waals surface area contributed by atoms with Crippen molar-refractivity contribution in [1.29, 1.82) is 0 Å². The fourth-order valence-corrected chi connectivity index (χ4v) is 3.68. The molecule has 0 radical (unpaired) electrons. The minimum absolute atomic E-state index is 0.221. The van der Waals surface area contributed by atoms with Crippen molar-refractivity contribution in [3.05, 3.63) is 70.5 Å². The van der Waals surface area contributed by atoms with Crippen molar-refractivity contribution >= 4 is 33.4 Å². The summed E-state index contributed by atoms with van der Waals surface area (Å²) in [6.07, 6.45) is 5.03. The predicted octanol–water partition coefficient (Wildman–Crippen LogP) is 3.84. The number of aryl methyl sites for hydroxylation is 1. The maximum atomic E-state index is 12.5. The van der Waals surface area contributed by atoms with Crippen molar-refractivity contribution in [3.63, 3.8) is 0 Å². The summed E-state index contributed by atoms with van der Waals surface area (Å²) in [6, 6.07) is 15.1. The smallest absolute Gasteiger partial charge is 0.277 e. The number of nitrogens with zero attached hydrogens (tertiary/aromatic N) is 4. The van der Waals surface area contributed by atoms with Crippen LogP contribution >= 0.6 is 15.9 Å². The molecular weight excluding hydrogens is 446 g/mol. The minimum Gasteiger partial charge on any atom is -0.343 e.